The molecule has 1 fully saturated rings. The number of nitrogens with two attached hydrogens (primary N) is 1. The monoisotopic (exact) mass is 342 g/mol. The molecule has 0 aromatic heterocycles. The van der Waals surface area contributed by atoms with Crippen LogP contribution in [0.1, 0.15) is 36.8 Å². The highest BCUT2D eigenvalue weighted by Crippen LogP contribution is 2.35. The van der Waals surface area contributed by atoms with Crippen molar-refractivity contribution in [3.63, 3.8) is 0 Å². The highest BCUT2D eigenvalue weighted by molar-refractivity contribution is 5.87. The first-order chi connectivity index (χ1) is 11.2. The van der Waals surface area contributed by atoms with Crippen LogP contribution in [-0.2, 0) is 17.9 Å². The van der Waals surface area contributed by atoms with E-state index in [0.717, 1.165) is 25.7 Å². The first-order valence-corrected chi connectivity index (χ1v) is 8.42. The van der Waals surface area contributed by atoms with Crippen LogP contribution in [0.5, 0.6) is 0 Å². The molecule has 2 N–H and O–H groups in total. The van der Waals surface area contributed by atoms with Crippen LogP contribution in [0, 0.1) is 0 Å². The van der Waals surface area contributed by atoms with E-state index >= 15 is 0 Å². The number of rotatable bonds is 1. The Morgan fingerprint density at radius 1 is 0.875 bits per heavy atom. The first-order valence-electron chi connectivity index (χ1n) is 8.42. The topological polar surface area (TPSA) is 46.3 Å². The maximum absolute atomic E-state index is 13.1. The second-order valence-electron chi connectivity index (χ2n) is 6.84. The molecule has 2 aliphatic rings. The Balaban J connectivity index is 0.00000169. The van der Waals surface area contributed by atoms with Crippen LogP contribution in [-0.4, -0.2) is 16.3 Å². The number of nitrogens with zero attached hydrogens (tertiary/aromatic N) is 1. The Labute approximate surface area is 149 Å². The summed E-state index contributed by atoms with van der Waals surface area (Å²) in [6, 6.07) is 16.8. The van der Waals surface area contributed by atoms with E-state index in [9.17, 15) is 4.79 Å². The van der Waals surface area contributed by atoms with Gasteiger partial charge in [-0.25, -0.2) is 0 Å². The summed E-state index contributed by atoms with van der Waals surface area (Å²) in [5.74, 6) is 0.113. The number of hydrogen-bond donors (Lipinski definition) is 1. The maximum Gasteiger partial charge on any atom is 0.243 e. The number of hydrogen-bond acceptors (Lipinski definition) is 2. The van der Waals surface area contributed by atoms with E-state index in [0.29, 0.717) is 13.1 Å². The molecule has 4 heteroatoms. The fraction of sp³-hybridized carbons (Fsp3) is 0.350. The lowest BCUT2D eigenvalue weighted by Crippen LogP contribution is -2.52. The normalized spacial score (nSPS) is 18.1. The fourth-order valence-electron chi connectivity index (χ4n) is 3.99. The molecule has 24 heavy (non-hydrogen) atoms. The third-order valence-corrected chi connectivity index (χ3v) is 5.26. The third-order valence-electron chi connectivity index (χ3n) is 5.26. The predicted octanol–water partition coefficient (Wildman–Crippen LogP) is 3.89. The second kappa shape index (κ2) is 6.58. The van der Waals surface area contributed by atoms with Gasteiger partial charge >= 0.3 is 0 Å². The molecule has 3 nitrogen and oxygen atoms in total. The summed E-state index contributed by atoms with van der Waals surface area (Å²) >= 11 is 0. The molecule has 2 aromatic carbocycles. The lowest BCUT2D eigenvalue weighted by molar-refractivity contribution is -0.138. The highest BCUT2D eigenvalue weighted by Gasteiger charge is 2.40. The van der Waals surface area contributed by atoms with Crippen molar-refractivity contribution < 1.29 is 4.79 Å². The van der Waals surface area contributed by atoms with Gasteiger partial charge < -0.3 is 10.6 Å². The highest BCUT2D eigenvalue weighted by atomic mass is 35.5. The summed E-state index contributed by atoms with van der Waals surface area (Å²) in [6.07, 6.45) is 3.74. The zero-order valence-corrected chi connectivity index (χ0v) is 14.5. The van der Waals surface area contributed by atoms with Crippen molar-refractivity contribution in [3.8, 4) is 11.1 Å². The Hall–Kier alpha value is -1.84. The molecule has 1 aliphatic carbocycles. The lowest BCUT2D eigenvalue weighted by Gasteiger charge is -2.31. The molecule has 0 radical (unpaired) electrons. The molecule has 0 unspecified atom stereocenters. The van der Waals surface area contributed by atoms with E-state index in [4.69, 9.17) is 5.73 Å². The van der Waals surface area contributed by atoms with Crippen LogP contribution in [0.2, 0.25) is 0 Å². The van der Waals surface area contributed by atoms with E-state index in [-0.39, 0.29) is 18.3 Å². The Kier molecular flexibility index (Phi) is 4.66. The first kappa shape index (κ1) is 17.0. The van der Waals surface area contributed by atoms with Crippen molar-refractivity contribution in [1.29, 1.82) is 0 Å². The predicted molar refractivity (Wildman–Crippen MR) is 98.8 cm³/mol. The van der Waals surface area contributed by atoms with Crippen molar-refractivity contribution in [3.05, 3.63) is 59.7 Å². The van der Waals surface area contributed by atoms with Gasteiger partial charge in [0.15, 0.2) is 0 Å². The molecule has 1 aliphatic heterocycles. The van der Waals surface area contributed by atoms with Crippen LogP contribution < -0.4 is 5.73 Å². The van der Waals surface area contributed by atoms with Crippen molar-refractivity contribution in [1.82, 2.24) is 4.90 Å². The molecule has 0 bridgehead atoms. The molecule has 2 aromatic rings. The molecule has 1 amide bonds. The molecule has 0 saturated heterocycles. The lowest BCUT2D eigenvalue weighted by atomic mass is 9.96. The summed E-state index contributed by atoms with van der Waals surface area (Å²) in [5, 5.41) is 0. The van der Waals surface area contributed by atoms with E-state index in [2.05, 4.69) is 36.4 Å². The summed E-state index contributed by atoms with van der Waals surface area (Å²) in [7, 11) is 0. The fourth-order valence-corrected chi connectivity index (χ4v) is 3.99. The van der Waals surface area contributed by atoms with E-state index < -0.39 is 5.54 Å². The standard InChI is InChI=1S/C20H22N2O.ClH/c21-20(11-5-6-12-20)19(23)22-13-15-7-1-3-9-17(15)18-10-4-2-8-16(18)14-22;/h1-4,7-10H,5-6,11-14,21H2;1H. The minimum Gasteiger partial charge on any atom is -0.332 e. The maximum atomic E-state index is 13.1. The second-order valence-corrected chi connectivity index (χ2v) is 6.84. The number of amides is 1. The molecular weight excluding hydrogens is 320 g/mol. The molecule has 1 heterocycles. The van der Waals surface area contributed by atoms with E-state index in [1.807, 2.05) is 17.0 Å². The summed E-state index contributed by atoms with van der Waals surface area (Å²) < 4.78 is 0. The van der Waals surface area contributed by atoms with E-state index in [1.54, 1.807) is 0 Å². The summed E-state index contributed by atoms with van der Waals surface area (Å²) in [5.41, 5.74) is 10.6. The van der Waals surface area contributed by atoms with Gasteiger partial charge in [-0.05, 0) is 35.1 Å². The van der Waals surface area contributed by atoms with Crippen LogP contribution in [0.15, 0.2) is 48.5 Å². The van der Waals surface area contributed by atoms with Crippen molar-refractivity contribution in [2.24, 2.45) is 5.73 Å². The number of halogens is 1. The minimum atomic E-state index is -0.659. The molecule has 126 valence electrons. The molecule has 4 rings (SSSR count). The van der Waals surface area contributed by atoms with Gasteiger partial charge in [0.05, 0.1) is 5.54 Å². The smallest absolute Gasteiger partial charge is 0.243 e. The number of carbonyl (C=O) groups is 1. The average molecular weight is 343 g/mol. The van der Waals surface area contributed by atoms with Crippen molar-refractivity contribution in [2.75, 3.05) is 0 Å². The van der Waals surface area contributed by atoms with Gasteiger partial charge in [0.25, 0.3) is 0 Å². The molecule has 1 saturated carbocycles. The molecule has 0 spiro atoms. The van der Waals surface area contributed by atoms with Gasteiger partial charge in [0.2, 0.25) is 5.91 Å². The van der Waals surface area contributed by atoms with Gasteiger partial charge in [0, 0.05) is 13.1 Å². The van der Waals surface area contributed by atoms with Gasteiger partial charge in [-0.3, -0.25) is 4.79 Å². The minimum absolute atomic E-state index is 0. The van der Waals surface area contributed by atoms with Gasteiger partial charge in [0.1, 0.15) is 0 Å². The van der Waals surface area contributed by atoms with Crippen LogP contribution in [0.4, 0.5) is 0 Å². The van der Waals surface area contributed by atoms with Gasteiger partial charge in [-0.2, -0.15) is 0 Å². The zero-order valence-electron chi connectivity index (χ0n) is 13.7. The summed E-state index contributed by atoms with van der Waals surface area (Å²) in [6.45, 7) is 1.28. The zero-order chi connectivity index (χ0) is 15.9. The third kappa shape index (κ3) is 2.83. The average Bonchev–Trinajstić information content (AvgIpc) is 2.95. The van der Waals surface area contributed by atoms with Crippen LogP contribution in [0.25, 0.3) is 11.1 Å². The Morgan fingerprint density at radius 2 is 1.33 bits per heavy atom. The Bertz CT molecular complexity index is 705. The largest absolute Gasteiger partial charge is 0.332 e. The van der Waals surface area contributed by atoms with Crippen LogP contribution >= 0.6 is 12.4 Å². The molecule has 0 atom stereocenters. The quantitative estimate of drug-likeness (QED) is 0.854. The van der Waals surface area contributed by atoms with Gasteiger partial charge in [-0.1, -0.05) is 61.4 Å². The Morgan fingerprint density at radius 3 is 1.83 bits per heavy atom. The number of carbonyl (C=O) groups excluding carboxylic acids is 1. The van der Waals surface area contributed by atoms with Crippen molar-refractivity contribution in [2.45, 2.75) is 44.3 Å². The van der Waals surface area contributed by atoms with Crippen molar-refractivity contribution >= 4 is 18.3 Å². The van der Waals surface area contributed by atoms with E-state index in [1.165, 1.54) is 22.3 Å². The van der Waals surface area contributed by atoms with Gasteiger partial charge in [-0.15, -0.1) is 12.4 Å². The molecular formula is C20H23ClN2O. The number of fused-ring (bicyclic) bond motifs is 3. The SMILES string of the molecule is Cl.NC1(C(=O)N2Cc3ccccc3-c3ccccc3C2)CCCC1. The summed E-state index contributed by atoms with van der Waals surface area (Å²) in [4.78, 5) is 15.0. The van der Waals surface area contributed by atoms with Crippen LogP contribution in [0.3, 0.4) is 0 Å². The number of benzene rings is 2.